The van der Waals surface area contributed by atoms with Gasteiger partial charge in [-0.3, -0.25) is 4.79 Å². The van der Waals surface area contributed by atoms with E-state index in [0.29, 0.717) is 27.1 Å². The molecule has 3 aromatic rings. The highest BCUT2D eigenvalue weighted by atomic mass is 35.5. The van der Waals surface area contributed by atoms with Crippen LogP contribution in [0.15, 0.2) is 46.4 Å². The first kappa shape index (κ1) is 22.8. The number of fused-ring (bicyclic) bond motifs is 1. The topological polar surface area (TPSA) is 92.3 Å². The highest BCUT2D eigenvalue weighted by molar-refractivity contribution is 7.17. The van der Waals surface area contributed by atoms with Gasteiger partial charge in [-0.25, -0.2) is 4.79 Å². The molecule has 0 unspecified atom stereocenters. The van der Waals surface area contributed by atoms with E-state index in [2.05, 4.69) is 5.32 Å². The Bertz CT molecular complexity index is 1280. The minimum atomic E-state index is -0.609. The molecule has 1 amide bonds. The number of aryl methyl sites for hydroxylation is 1. The molecule has 0 aliphatic heterocycles. The van der Waals surface area contributed by atoms with Crippen LogP contribution in [0.5, 0.6) is 0 Å². The maximum absolute atomic E-state index is 12.9. The van der Waals surface area contributed by atoms with Crippen LogP contribution in [-0.2, 0) is 22.4 Å². The van der Waals surface area contributed by atoms with Crippen LogP contribution >= 0.6 is 22.9 Å². The normalized spacial score (nSPS) is 13.2. The van der Waals surface area contributed by atoms with Crippen molar-refractivity contribution in [2.24, 2.45) is 0 Å². The Morgan fingerprint density at radius 2 is 2.09 bits per heavy atom. The van der Waals surface area contributed by atoms with Gasteiger partial charge in [0.2, 0.25) is 0 Å². The van der Waals surface area contributed by atoms with Crippen LogP contribution in [0.25, 0.3) is 17.4 Å². The Morgan fingerprint density at radius 3 is 2.85 bits per heavy atom. The number of nitriles is 1. The van der Waals surface area contributed by atoms with Crippen molar-refractivity contribution >= 4 is 45.9 Å². The fourth-order valence-corrected chi connectivity index (χ4v) is 5.22. The Labute approximate surface area is 200 Å². The number of nitrogens with one attached hydrogen (secondary N) is 1. The average molecular weight is 481 g/mol. The molecule has 0 spiro atoms. The smallest absolute Gasteiger partial charge is 0.341 e. The van der Waals surface area contributed by atoms with E-state index >= 15 is 0 Å². The van der Waals surface area contributed by atoms with Crippen LogP contribution in [0.4, 0.5) is 5.00 Å². The van der Waals surface area contributed by atoms with Crippen LogP contribution in [0.1, 0.15) is 46.3 Å². The number of carbonyl (C=O) groups is 2. The Morgan fingerprint density at radius 1 is 1.27 bits per heavy atom. The van der Waals surface area contributed by atoms with E-state index in [1.807, 2.05) is 18.2 Å². The summed E-state index contributed by atoms with van der Waals surface area (Å²) < 4.78 is 11.0. The predicted molar refractivity (Wildman–Crippen MR) is 128 cm³/mol. The number of amides is 1. The third kappa shape index (κ3) is 5.03. The minimum absolute atomic E-state index is 0.136. The zero-order chi connectivity index (χ0) is 23.4. The number of nitrogens with zero attached hydrogens (tertiary/aromatic N) is 1. The molecule has 2 heterocycles. The van der Waals surface area contributed by atoms with E-state index in [9.17, 15) is 14.9 Å². The van der Waals surface area contributed by atoms with Gasteiger partial charge in [-0.2, -0.15) is 5.26 Å². The largest absolute Gasteiger partial charge is 0.462 e. The van der Waals surface area contributed by atoms with Crippen molar-refractivity contribution in [3.05, 3.63) is 68.8 Å². The summed E-state index contributed by atoms with van der Waals surface area (Å²) in [6, 6.07) is 12.5. The monoisotopic (exact) mass is 480 g/mol. The van der Waals surface area contributed by atoms with E-state index in [1.165, 1.54) is 17.4 Å². The van der Waals surface area contributed by atoms with Crippen molar-refractivity contribution in [3.63, 3.8) is 0 Å². The van der Waals surface area contributed by atoms with Crippen molar-refractivity contribution in [3.8, 4) is 17.4 Å². The third-order valence-corrected chi connectivity index (χ3v) is 6.71. The van der Waals surface area contributed by atoms with Crippen LogP contribution in [-0.4, -0.2) is 18.5 Å². The lowest BCUT2D eigenvalue weighted by Crippen LogP contribution is -2.16. The average Bonchev–Trinajstić information content (AvgIpc) is 3.42. The molecule has 168 valence electrons. The summed E-state index contributed by atoms with van der Waals surface area (Å²) in [6.45, 7) is 1.99. The number of ether oxygens (including phenoxy) is 1. The summed E-state index contributed by atoms with van der Waals surface area (Å²) in [5.41, 5.74) is 2.00. The second-order valence-electron chi connectivity index (χ2n) is 7.47. The Balaban J connectivity index is 1.59. The molecule has 0 saturated carbocycles. The number of hydrogen-bond acceptors (Lipinski definition) is 6. The number of esters is 1. The number of thiophene rings is 1. The first-order chi connectivity index (χ1) is 16.0. The molecule has 33 heavy (non-hydrogen) atoms. The zero-order valence-corrected chi connectivity index (χ0v) is 19.5. The SMILES string of the molecule is CCOC(=O)c1c(NC(=O)/C(C#N)=C\c2ccc(-c3cccc(Cl)c3)o2)sc2c1CCCC2. The standard InChI is InChI=1S/C25H21ClN2O4S/c1-2-31-25(30)22-19-8-3-4-9-21(19)33-24(22)28-23(29)16(14-27)13-18-10-11-20(32-18)15-6-5-7-17(26)12-15/h5-7,10-13H,2-4,8-9H2,1H3,(H,28,29)/b16-13-. The molecule has 0 bridgehead atoms. The van der Waals surface area contributed by atoms with Gasteiger partial charge in [0.15, 0.2) is 0 Å². The number of carbonyl (C=O) groups excluding carboxylic acids is 2. The number of halogens is 1. The fraction of sp³-hybridized carbons (Fsp3) is 0.240. The summed E-state index contributed by atoms with van der Waals surface area (Å²) >= 11 is 7.41. The van der Waals surface area contributed by atoms with E-state index < -0.39 is 11.9 Å². The Hall–Kier alpha value is -3.34. The molecule has 0 atom stereocenters. The van der Waals surface area contributed by atoms with Crippen molar-refractivity contribution in [1.29, 1.82) is 5.26 Å². The molecule has 1 aliphatic carbocycles. The molecule has 2 aromatic heterocycles. The van der Waals surface area contributed by atoms with E-state index in [0.717, 1.165) is 41.7 Å². The number of rotatable bonds is 6. The van der Waals surface area contributed by atoms with E-state index in [4.69, 9.17) is 20.8 Å². The molecule has 0 radical (unpaired) electrons. The molecular weight excluding hydrogens is 460 g/mol. The van der Waals surface area contributed by atoms with Crippen LogP contribution in [0, 0.1) is 11.3 Å². The van der Waals surface area contributed by atoms with Crippen molar-refractivity contribution < 1.29 is 18.7 Å². The van der Waals surface area contributed by atoms with Crippen LogP contribution in [0.3, 0.4) is 0 Å². The minimum Gasteiger partial charge on any atom is -0.462 e. The van der Waals surface area contributed by atoms with Crippen LogP contribution < -0.4 is 5.32 Å². The number of benzene rings is 1. The highest BCUT2D eigenvalue weighted by Gasteiger charge is 2.27. The molecule has 8 heteroatoms. The quantitative estimate of drug-likeness (QED) is 0.255. The molecular formula is C25H21ClN2O4S. The lowest BCUT2D eigenvalue weighted by Gasteiger charge is -2.12. The lowest BCUT2D eigenvalue weighted by molar-refractivity contribution is -0.112. The van der Waals surface area contributed by atoms with Gasteiger partial charge in [-0.15, -0.1) is 11.3 Å². The van der Waals surface area contributed by atoms with Gasteiger partial charge < -0.3 is 14.5 Å². The van der Waals surface area contributed by atoms with Crippen molar-refractivity contribution in [2.75, 3.05) is 11.9 Å². The van der Waals surface area contributed by atoms with Crippen molar-refractivity contribution in [2.45, 2.75) is 32.6 Å². The molecule has 4 rings (SSSR count). The number of furan rings is 1. The predicted octanol–water partition coefficient (Wildman–Crippen LogP) is 6.26. The molecule has 1 N–H and O–H groups in total. The summed E-state index contributed by atoms with van der Waals surface area (Å²) in [5, 5.41) is 13.3. The Kier molecular flexibility index (Phi) is 6.97. The summed E-state index contributed by atoms with van der Waals surface area (Å²) in [5.74, 6) is -0.140. The molecule has 1 aliphatic rings. The van der Waals surface area contributed by atoms with E-state index in [-0.39, 0.29) is 12.2 Å². The number of hydrogen-bond donors (Lipinski definition) is 1. The zero-order valence-electron chi connectivity index (χ0n) is 17.9. The maximum Gasteiger partial charge on any atom is 0.341 e. The molecule has 0 fully saturated rings. The summed E-state index contributed by atoms with van der Waals surface area (Å²) in [6.07, 6.45) is 5.04. The maximum atomic E-state index is 12.9. The fourth-order valence-electron chi connectivity index (χ4n) is 3.76. The first-order valence-corrected chi connectivity index (χ1v) is 11.8. The van der Waals surface area contributed by atoms with Crippen LogP contribution in [0.2, 0.25) is 5.02 Å². The molecule has 0 saturated heterocycles. The summed E-state index contributed by atoms with van der Waals surface area (Å²) in [4.78, 5) is 26.6. The third-order valence-electron chi connectivity index (χ3n) is 5.27. The molecule has 1 aromatic carbocycles. The second kappa shape index (κ2) is 10.1. The second-order valence-corrected chi connectivity index (χ2v) is 9.01. The van der Waals surface area contributed by atoms with Gasteiger partial charge in [0.25, 0.3) is 5.91 Å². The van der Waals surface area contributed by atoms with Crippen molar-refractivity contribution in [1.82, 2.24) is 0 Å². The van der Waals surface area contributed by atoms with Gasteiger partial charge in [-0.1, -0.05) is 23.7 Å². The summed E-state index contributed by atoms with van der Waals surface area (Å²) in [7, 11) is 0. The molecule has 6 nitrogen and oxygen atoms in total. The first-order valence-electron chi connectivity index (χ1n) is 10.6. The van der Waals surface area contributed by atoms with E-state index in [1.54, 1.807) is 31.2 Å². The van der Waals surface area contributed by atoms with Gasteiger partial charge in [0.1, 0.15) is 28.2 Å². The van der Waals surface area contributed by atoms with Gasteiger partial charge >= 0.3 is 5.97 Å². The lowest BCUT2D eigenvalue weighted by atomic mass is 9.95. The number of anilines is 1. The van der Waals surface area contributed by atoms with Gasteiger partial charge in [0.05, 0.1) is 12.2 Å². The van der Waals surface area contributed by atoms with Gasteiger partial charge in [0, 0.05) is 21.5 Å². The van der Waals surface area contributed by atoms with Gasteiger partial charge in [-0.05, 0) is 62.4 Å². The highest BCUT2D eigenvalue weighted by Crippen LogP contribution is 2.39.